The molecule has 3 heteroatoms. The molecule has 2 aliphatic rings. The fraction of sp³-hybridized carbons (Fsp3) is 0.381. The largest absolute Gasteiger partial charge is 0.288 e. The zero-order valence-corrected chi connectivity index (χ0v) is 15.0. The molecule has 1 aliphatic carbocycles. The molecule has 24 heavy (non-hydrogen) atoms. The summed E-state index contributed by atoms with van der Waals surface area (Å²) in [6.07, 6.45) is 6.88. The third-order valence-electron chi connectivity index (χ3n) is 5.23. The van der Waals surface area contributed by atoms with E-state index in [2.05, 4.69) is 66.0 Å². The highest BCUT2D eigenvalue weighted by molar-refractivity contribution is 8.15. The Morgan fingerprint density at radius 2 is 1.67 bits per heavy atom. The van der Waals surface area contributed by atoms with Crippen LogP contribution < -0.4 is 5.43 Å². The van der Waals surface area contributed by atoms with Gasteiger partial charge in [-0.15, -0.1) is 0 Å². The summed E-state index contributed by atoms with van der Waals surface area (Å²) in [7, 11) is 0. The molecular weight excluding hydrogens is 312 g/mol. The van der Waals surface area contributed by atoms with Crippen LogP contribution >= 0.6 is 11.8 Å². The minimum atomic E-state index is -0.184. The lowest BCUT2D eigenvalue weighted by Crippen LogP contribution is -2.28. The van der Waals surface area contributed by atoms with E-state index in [0.29, 0.717) is 0 Å². The van der Waals surface area contributed by atoms with Crippen molar-refractivity contribution in [3.05, 3.63) is 71.3 Å². The Kier molecular flexibility index (Phi) is 4.36. The van der Waals surface area contributed by atoms with Crippen LogP contribution in [0.4, 0.5) is 0 Å². The van der Waals surface area contributed by atoms with Gasteiger partial charge in [0, 0.05) is 5.56 Å². The fourth-order valence-corrected chi connectivity index (χ4v) is 4.81. The van der Waals surface area contributed by atoms with Gasteiger partial charge in [-0.1, -0.05) is 85.6 Å². The van der Waals surface area contributed by atoms with E-state index in [1.807, 2.05) is 6.07 Å². The molecular formula is C21H24N2S. The average molecular weight is 337 g/mol. The van der Waals surface area contributed by atoms with Crippen molar-refractivity contribution >= 4 is 16.8 Å². The Balaban J connectivity index is 1.50. The Morgan fingerprint density at radius 1 is 0.958 bits per heavy atom. The van der Waals surface area contributed by atoms with E-state index in [-0.39, 0.29) is 4.87 Å². The molecule has 124 valence electrons. The van der Waals surface area contributed by atoms with Crippen molar-refractivity contribution in [3.8, 4) is 0 Å². The molecule has 0 aromatic heterocycles. The molecule has 1 atom stereocenters. The predicted octanol–water partition coefficient (Wildman–Crippen LogP) is 5.61. The monoisotopic (exact) mass is 336 g/mol. The number of benzene rings is 2. The highest BCUT2D eigenvalue weighted by Crippen LogP contribution is 2.41. The third kappa shape index (κ3) is 3.10. The lowest BCUT2D eigenvalue weighted by Gasteiger charge is -2.25. The molecule has 2 aromatic carbocycles. The SMILES string of the molecule is CC1(c2ccc(C3CCCCC3)cc2)NN=C(c2ccccc2)S1. The molecule has 1 aliphatic heterocycles. The summed E-state index contributed by atoms with van der Waals surface area (Å²) >= 11 is 1.80. The maximum absolute atomic E-state index is 4.58. The van der Waals surface area contributed by atoms with Crippen molar-refractivity contribution in [2.75, 3.05) is 0 Å². The van der Waals surface area contributed by atoms with Gasteiger partial charge in [0.05, 0.1) is 0 Å². The first kappa shape index (κ1) is 15.8. The van der Waals surface area contributed by atoms with Crippen LogP contribution in [0.25, 0.3) is 0 Å². The van der Waals surface area contributed by atoms with Gasteiger partial charge in [0.15, 0.2) is 0 Å². The zero-order chi connectivity index (χ0) is 16.4. The zero-order valence-electron chi connectivity index (χ0n) is 14.2. The van der Waals surface area contributed by atoms with Gasteiger partial charge < -0.3 is 0 Å². The Hall–Kier alpha value is -1.74. The van der Waals surface area contributed by atoms with Crippen LogP contribution in [-0.2, 0) is 4.87 Å². The first-order chi connectivity index (χ1) is 11.7. The van der Waals surface area contributed by atoms with Crippen molar-refractivity contribution in [3.63, 3.8) is 0 Å². The van der Waals surface area contributed by atoms with Crippen LogP contribution in [0.1, 0.15) is 61.6 Å². The van der Waals surface area contributed by atoms with E-state index in [9.17, 15) is 0 Å². The van der Waals surface area contributed by atoms with Gasteiger partial charge >= 0.3 is 0 Å². The second-order valence-electron chi connectivity index (χ2n) is 6.99. The van der Waals surface area contributed by atoms with Crippen molar-refractivity contribution < 1.29 is 0 Å². The minimum Gasteiger partial charge on any atom is -0.288 e. The number of hydrogen-bond acceptors (Lipinski definition) is 3. The summed E-state index contributed by atoms with van der Waals surface area (Å²) in [4.78, 5) is -0.184. The van der Waals surface area contributed by atoms with E-state index in [1.54, 1.807) is 11.8 Å². The molecule has 0 saturated heterocycles. The molecule has 0 amide bonds. The molecule has 0 spiro atoms. The number of rotatable bonds is 3. The van der Waals surface area contributed by atoms with E-state index in [1.165, 1.54) is 48.8 Å². The van der Waals surface area contributed by atoms with Crippen molar-refractivity contribution in [1.29, 1.82) is 0 Å². The van der Waals surface area contributed by atoms with E-state index in [0.717, 1.165) is 11.0 Å². The molecule has 1 N–H and O–H groups in total. The number of thioether (sulfide) groups is 1. The van der Waals surface area contributed by atoms with Gasteiger partial charge in [0.1, 0.15) is 9.91 Å². The van der Waals surface area contributed by atoms with Crippen LogP contribution in [0.3, 0.4) is 0 Å². The Morgan fingerprint density at radius 3 is 2.38 bits per heavy atom. The summed E-state index contributed by atoms with van der Waals surface area (Å²) in [5.41, 5.74) is 7.33. The van der Waals surface area contributed by atoms with Crippen molar-refractivity contribution in [2.24, 2.45) is 5.10 Å². The fourth-order valence-electron chi connectivity index (χ4n) is 3.73. The summed E-state index contributed by atoms with van der Waals surface area (Å²) in [5.74, 6) is 0.765. The second-order valence-corrected chi connectivity index (χ2v) is 8.39. The third-order valence-corrected chi connectivity index (χ3v) is 6.49. The number of hydrogen-bond donors (Lipinski definition) is 1. The van der Waals surface area contributed by atoms with Crippen LogP contribution in [0, 0.1) is 0 Å². The number of hydrazone groups is 1. The van der Waals surface area contributed by atoms with Gasteiger partial charge in [0.25, 0.3) is 0 Å². The number of nitrogens with zero attached hydrogens (tertiary/aromatic N) is 1. The summed E-state index contributed by atoms with van der Waals surface area (Å²) in [6.45, 7) is 2.22. The first-order valence-electron chi connectivity index (χ1n) is 8.94. The average Bonchev–Trinajstić information content (AvgIpc) is 3.07. The standard InChI is InChI=1S/C21H24N2S/c1-21(23-22-20(24-21)18-10-6-3-7-11-18)19-14-12-17(13-15-19)16-8-4-2-5-9-16/h3,6-7,10-16,23H,2,4-5,8-9H2,1H3. The molecule has 1 heterocycles. The van der Waals surface area contributed by atoms with E-state index < -0.39 is 0 Å². The van der Waals surface area contributed by atoms with Crippen LogP contribution in [-0.4, -0.2) is 5.04 Å². The Labute approximate surface area is 148 Å². The second kappa shape index (κ2) is 6.64. The lowest BCUT2D eigenvalue weighted by molar-refractivity contribution is 0.443. The van der Waals surface area contributed by atoms with E-state index in [4.69, 9.17) is 0 Å². The molecule has 2 aromatic rings. The molecule has 1 saturated carbocycles. The van der Waals surface area contributed by atoms with Crippen LogP contribution in [0.15, 0.2) is 59.7 Å². The summed E-state index contributed by atoms with van der Waals surface area (Å²) < 4.78 is 0. The molecule has 0 radical (unpaired) electrons. The first-order valence-corrected chi connectivity index (χ1v) is 9.76. The topological polar surface area (TPSA) is 24.4 Å². The summed E-state index contributed by atoms with van der Waals surface area (Å²) in [5, 5.41) is 5.64. The quantitative estimate of drug-likeness (QED) is 0.788. The highest BCUT2D eigenvalue weighted by Gasteiger charge is 2.34. The minimum absolute atomic E-state index is 0.184. The molecule has 4 rings (SSSR count). The lowest BCUT2D eigenvalue weighted by atomic mass is 9.84. The maximum atomic E-state index is 4.58. The smallest absolute Gasteiger partial charge is 0.128 e. The van der Waals surface area contributed by atoms with E-state index >= 15 is 0 Å². The summed E-state index contributed by atoms with van der Waals surface area (Å²) in [6, 6.07) is 19.6. The molecule has 1 unspecified atom stereocenters. The predicted molar refractivity (Wildman–Crippen MR) is 103 cm³/mol. The number of nitrogens with one attached hydrogen (secondary N) is 1. The van der Waals surface area contributed by atoms with Crippen LogP contribution in [0.5, 0.6) is 0 Å². The molecule has 0 bridgehead atoms. The van der Waals surface area contributed by atoms with Gasteiger partial charge in [-0.3, -0.25) is 5.43 Å². The highest BCUT2D eigenvalue weighted by atomic mass is 32.2. The van der Waals surface area contributed by atoms with Gasteiger partial charge in [0.2, 0.25) is 0 Å². The molecule has 2 nitrogen and oxygen atoms in total. The maximum Gasteiger partial charge on any atom is 0.128 e. The van der Waals surface area contributed by atoms with Gasteiger partial charge in [-0.2, -0.15) is 5.10 Å². The Bertz CT molecular complexity index is 717. The van der Waals surface area contributed by atoms with Crippen molar-refractivity contribution in [1.82, 2.24) is 5.43 Å². The van der Waals surface area contributed by atoms with Crippen LogP contribution in [0.2, 0.25) is 0 Å². The van der Waals surface area contributed by atoms with Gasteiger partial charge in [-0.05, 0) is 36.8 Å². The van der Waals surface area contributed by atoms with Crippen molar-refractivity contribution in [2.45, 2.75) is 49.8 Å². The normalized spacial score (nSPS) is 24.5. The van der Waals surface area contributed by atoms with Gasteiger partial charge in [-0.25, -0.2) is 0 Å². The molecule has 1 fully saturated rings.